The van der Waals surface area contributed by atoms with Gasteiger partial charge in [-0.25, -0.2) is 0 Å². The molecular weight excluding hydrogens is 243 g/mol. The first-order chi connectivity index (χ1) is 6.66. The average molecular weight is 269 g/mol. The molecule has 0 saturated heterocycles. The fourth-order valence-corrected chi connectivity index (χ4v) is 1.14. The van der Waals surface area contributed by atoms with Crippen molar-refractivity contribution in [3.63, 3.8) is 0 Å². The summed E-state index contributed by atoms with van der Waals surface area (Å²) in [6.07, 6.45) is 6.84. The van der Waals surface area contributed by atoms with Crippen LogP contribution in [0, 0.1) is 0 Å². The molecule has 0 spiro atoms. The summed E-state index contributed by atoms with van der Waals surface area (Å²) < 4.78 is 0. The van der Waals surface area contributed by atoms with Crippen LogP contribution >= 0.6 is 24.8 Å². The molecule has 16 heavy (non-hydrogen) atoms. The van der Waals surface area contributed by atoms with Gasteiger partial charge in [-0.15, -0.1) is 24.8 Å². The second-order valence-corrected chi connectivity index (χ2v) is 3.86. The van der Waals surface area contributed by atoms with Gasteiger partial charge >= 0.3 is 0 Å². The highest BCUT2D eigenvalue weighted by Crippen LogP contribution is 2.05. The Hall–Kier alpha value is -0.0200. The molecule has 0 aliphatic heterocycles. The quantitative estimate of drug-likeness (QED) is 0.550. The van der Waals surface area contributed by atoms with Crippen molar-refractivity contribution >= 4 is 24.8 Å². The molecule has 2 nitrogen and oxygen atoms in total. The van der Waals surface area contributed by atoms with E-state index >= 15 is 0 Å². The van der Waals surface area contributed by atoms with Gasteiger partial charge in [-0.2, -0.15) is 0 Å². The van der Waals surface area contributed by atoms with Crippen molar-refractivity contribution in [2.24, 2.45) is 5.73 Å². The zero-order valence-electron chi connectivity index (χ0n) is 10.6. The fraction of sp³-hybridized carbons (Fsp3) is 0.667. The monoisotopic (exact) mass is 268 g/mol. The Labute approximate surface area is 113 Å². The molecule has 0 unspecified atom stereocenters. The molecule has 4 heteroatoms. The molecule has 0 saturated carbocycles. The maximum atomic E-state index is 5.37. The van der Waals surface area contributed by atoms with Crippen LogP contribution in [0.5, 0.6) is 0 Å². The van der Waals surface area contributed by atoms with Crippen molar-refractivity contribution in [2.75, 3.05) is 19.6 Å². The highest BCUT2D eigenvalue weighted by molar-refractivity contribution is 5.85. The third-order valence-electron chi connectivity index (χ3n) is 2.01. The largest absolute Gasteiger partial charge is 0.329 e. The predicted octanol–water partition coefficient (Wildman–Crippen LogP) is 3.07. The fourth-order valence-electron chi connectivity index (χ4n) is 1.14. The summed E-state index contributed by atoms with van der Waals surface area (Å²) in [6, 6.07) is 0. The van der Waals surface area contributed by atoms with Gasteiger partial charge in [0.1, 0.15) is 0 Å². The van der Waals surface area contributed by atoms with Gasteiger partial charge < -0.3 is 11.1 Å². The van der Waals surface area contributed by atoms with E-state index in [0.717, 1.165) is 25.9 Å². The first-order valence-corrected chi connectivity index (χ1v) is 5.36. The van der Waals surface area contributed by atoms with Crippen LogP contribution < -0.4 is 11.1 Å². The molecule has 0 bridgehead atoms. The second-order valence-electron chi connectivity index (χ2n) is 3.86. The molecule has 0 atom stereocenters. The summed E-state index contributed by atoms with van der Waals surface area (Å²) in [5.74, 6) is 0. The number of allylic oxidation sites excluding steroid dienone is 3. The summed E-state index contributed by atoms with van der Waals surface area (Å²) in [6.45, 7) is 9.02. The topological polar surface area (TPSA) is 38.0 Å². The molecule has 0 amide bonds. The van der Waals surface area contributed by atoms with Crippen molar-refractivity contribution < 1.29 is 0 Å². The molecule has 0 aromatic heterocycles. The lowest BCUT2D eigenvalue weighted by molar-refractivity contribution is 0.748. The average Bonchev–Trinajstić information content (AvgIpc) is 2.12. The van der Waals surface area contributed by atoms with Crippen molar-refractivity contribution in [3.05, 3.63) is 23.3 Å². The third kappa shape index (κ3) is 16.4. The van der Waals surface area contributed by atoms with Gasteiger partial charge in [0.25, 0.3) is 0 Å². The summed E-state index contributed by atoms with van der Waals surface area (Å²) in [7, 11) is 0. The Kier molecular flexibility index (Phi) is 19.9. The van der Waals surface area contributed by atoms with E-state index in [4.69, 9.17) is 5.73 Å². The predicted molar refractivity (Wildman–Crippen MR) is 78.8 cm³/mol. The van der Waals surface area contributed by atoms with Gasteiger partial charge in [-0.05, 0) is 33.6 Å². The molecule has 0 aromatic rings. The summed E-state index contributed by atoms with van der Waals surface area (Å²) >= 11 is 0. The second kappa shape index (κ2) is 15.0. The molecule has 3 N–H and O–H groups in total. The van der Waals surface area contributed by atoms with Crippen LogP contribution in [0.3, 0.4) is 0 Å². The molecule has 0 heterocycles. The minimum absolute atomic E-state index is 0. The smallest absolute Gasteiger partial charge is 0.0137 e. The lowest BCUT2D eigenvalue weighted by Gasteiger charge is -2.01. The maximum Gasteiger partial charge on any atom is 0.0137 e. The SMILES string of the molecule is CC(C)=CCCC(C)=CCNCCN.Cl.Cl. The highest BCUT2D eigenvalue weighted by atomic mass is 35.5. The van der Waals surface area contributed by atoms with E-state index in [1.165, 1.54) is 11.1 Å². The van der Waals surface area contributed by atoms with Crippen LogP contribution in [-0.2, 0) is 0 Å². The normalized spacial score (nSPS) is 10.1. The summed E-state index contributed by atoms with van der Waals surface area (Å²) in [5, 5.41) is 3.25. The minimum atomic E-state index is 0. The zero-order valence-corrected chi connectivity index (χ0v) is 12.2. The van der Waals surface area contributed by atoms with Crippen LogP contribution in [0.1, 0.15) is 33.6 Å². The Morgan fingerprint density at radius 2 is 1.75 bits per heavy atom. The van der Waals surface area contributed by atoms with Crippen LogP contribution in [0.25, 0.3) is 0 Å². The molecular formula is C12H26Cl2N2. The molecule has 0 radical (unpaired) electrons. The van der Waals surface area contributed by atoms with Crippen LogP contribution in [0.4, 0.5) is 0 Å². The Balaban J connectivity index is -0.000000845. The van der Waals surface area contributed by atoms with Crippen molar-refractivity contribution in [1.29, 1.82) is 0 Å². The number of hydrogen-bond acceptors (Lipinski definition) is 2. The van der Waals surface area contributed by atoms with Gasteiger partial charge in [-0.3, -0.25) is 0 Å². The van der Waals surface area contributed by atoms with E-state index < -0.39 is 0 Å². The molecule has 0 aromatic carbocycles. The van der Waals surface area contributed by atoms with Crippen molar-refractivity contribution in [3.8, 4) is 0 Å². The molecule has 98 valence electrons. The number of hydrogen-bond donors (Lipinski definition) is 2. The van der Waals surface area contributed by atoms with E-state index in [9.17, 15) is 0 Å². The van der Waals surface area contributed by atoms with E-state index in [1.807, 2.05) is 0 Å². The lowest BCUT2D eigenvalue weighted by Crippen LogP contribution is -2.22. The van der Waals surface area contributed by atoms with Gasteiger partial charge in [-0.1, -0.05) is 23.3 Å². The minimum Gasteiger partial charge on any atom is -0.329 e. The highest BCUT2D eigenvalue weighted by Gasteiger charge is 1.88. The van der Waals surface area contributed by atoms with Crippen LogP contribution in [0.15, 0.2) is 23.3 Å². The molecule has 0 rings (SSSR count). The van der Waals surface area contributed by atoms with Gasteiger partial charge in [0.05, 0.1) is 0 Å². The number of rotatable bonds is 7. The van der Waals surface area contributed by atoms with Crippen molar-refractivity contribution in [1.82, 2.24) is 5.32 Å². The van der Waals surface area contributed by atoms with Gasteiger partial charge in [0, 0.05) is 19.6 Å². The maximum absolute atomic E-state index is 5.37. The van der Waals surface area contributed by atoms with Gasteiger partial charge in [0.2, 0.25) is 0 Å². The number of nitrogens with one attached hydrogen (secondary N) is 1. The van der Waals surface area contributed by atoms with E-state index in [1.54, 1.807) is 0 Å². The van der Waals surface area contributed by atoms with Gasteiger partial charge in [0.15, 0.2) is 0 Å². The van der Waals surface area contributed by atoms with E-state index in [2.05, 4.69) is 38.2 Å². The standard InChI is InChI=1S/C12H24N2.2ClH/c1-11(2)5-4-6-12(3)7-9-14-10-8-13;;/h5,7,14H,4,6,8-10,13H2,1-3H3;2*1H. The van der Waals surface area contributed by atoms with Crippen LogP contribution in [0.2, 0.25) is 0 Å². The molecule has 0 fully saturated rings. The zero-order chi connectivity index (χ0) is 10.8. The first kappa shape index (κ1) is 21.3. The number of nitrogens with two attached hydrogens (primary N) is 1. The third-order valence-corrected chi connectivity index (χ3v) is 2.01. The number of halogens is 2. The first-order valence-electron chi connectivity index (χ1n) is 5.36. The van der Waals surface area contributed by atoms with Crippen molar-refractivity contribution in [2.45, 2.75) is 33.6 Å². The van der Waals surface area contributed by atoms with E-state index in [0.29, 0.717) is 6.54 Å². The summed E-state index contributed by atoms with van der Waals surface area (Å²) in [5.41, 5.74) is 8.22. The molecule has 0 aliphatic carbocycles. The van der Waals surface area contributed by atoms with E-state index in [-0.39, 0.29) is 24.8 Å². The Morgan fingerprint density at radius 1 is 1.12 bits per heavy atom. The Bertz CT molecular complexity index is 197. The summed E-state index contributed by atoms with van der Waals surface area (Å²) in [4.78, 5) is 0. The molecule has 0 aliphatic rings. The Morgan fingerprint density at radius 3 is 2.25 bits per heavy atom. The lowest BCUT2D eigenvalue weighted by atomic mass is 10.1. The van der Waals surface area contributed by atoms with Crippen LogP contribution in [-0.4, -0.2) is 19.6 Å².